The molecule has 0 unspecified atom stereocenters. The van der Waals surface area contributed by atoms with Gasteiger partial charge in [-0.05, 0) is 37.6 Å². The van der Waals surface area contributed by atoms with Crippen molar-refractivity contribution in [1.82, 2.24) is 19.9 Å². The van der Waals surface area contributed by atoms with E-state index in [-0.39, 0.29) is 24.1 Å². The Balaban J connectivity index is 1.24. The van der Waals surface area contributed by atoms with Crippen LogP contribution in [-0.4, -0.2) is 70.9 Å². The number of aromatic nitrogens is 3. The van der Waals surface area contributed by atoms with Crippen molar-refractivity contribution in [3.05, 3.63) is 29.3 Å². The summed E-state index contributed by atoms with van der Waals surface area (Å²) in [5.74, 6) is 1.75. The van der Waals surface area contributed by atoms with Crippen molar-refractivity contribution in [2.75, 3.05) is 48.8 Å². The van der Waals surface area contributed by atoms with Gasteiger partial charge < -0.3 is 30.3 Å². The predicted molar refractivity (Wildman–Crippen MR) is 123 cm³/mol. The van der Waals surface area contributed by atoms with Crippen LogP contribution in [0.2, 0.25) is 0 Å². The van der Waals surface area contributed by atoms with Crippen molar-refractivity contribution in [3.63, 3.8) is 0 Å². The SMILES string of the molecule is Cc1cc(OC2COC2)ccc1NC(=O)N1CCN(c2nc(N)nc3scnc23)[C@@H](C)C1. The van der Waals surface area contributed by atoms with Crippen molar-refractivity contribution in [2.24, 2.45) is 0 Å². The molecule has 10 nitrogen and oxygen atoms in total. The minimum absolute atomic E-state index is 0.0512. The Bertz CT molecular complexity index is 1150. The Morgan fingerprint density at radius 2 is 2.16 bits per heavy atom. The van der Waals surface area contributed by atoms with Crippen LogP contribution in [-0.2, 0) is 4.74 Å². The Labute approximate surface area is 189 Å². The molecule has 1 aromatic carbocycles. The number of nitrogens with zero attached hydrogens (tertiary/aromatic N) is 5. The number of hydrogen-bond acceptors (Lipinski definition) is 9. The molecule has 3 N–H and O–H groups in total. The van der Waals surface area contributed by atoms with E-state index in [1.807, 2.05) is 30.0 Å². The molecule has 2 amide bonds. The minimum Gasteiger partial charge on any atom is -0.486 e. The second-order valence-corrected chi connectivity index (χ2v) is 8.92. The van der Waals surface area contributed by atoms with Crippen molar-refractivity contribution in [2.45, 2.75) is 26.0 Å². The maximum absolute atomic E-state index is 12.9. The van der Waals surface area contributed by atoms with Crippen LogP contribution in [0.1, 0.15) is 12.5 Å². The van der Waals surface area contributed by atoms with E-state index in [4.69, 9.17) is 15.2 Å². The first-order chi connectivity index (χ1) is 15.5. The summed E-state index contributed by atoms with van der Waals surface area (Å²) in [4.78, 5) is 30.8. The average Bonchev–Trinajstić information content (AvgIpc) is 3.20. The number of aryl methyl sites for hydroxylation is 1. The van der Waals surface area contributed by atoms with E-state index >= 15 is 0 Å². The number of piperazine rings is 1. The van der Waals surface area contributed by atoms with E-state index in [1.165, 1.54) is 11.3 Å². The molecule has 0 aliphatic carbocycles. The standard InChI is InChI=1S/C21H25N7O3S/c1-12-7-14(31-15-9-30-10-15)3-4-16(12)24-21(29)27-5-6-28(13(2)8-27)18-17-19(32-11-23-17)26-20(22)25-18/h3-4,7,11,13,15H,5-6,8-10H2,1-2H3,(H,24,29)(H2,22,25,26)/t13-/m0/s1. The number of urea groups is 1. The number of amides is 2. The molecular formula is C21H25N7O3S. The van der Waals surface area contributed by atoms with Crippen LogP contribution >= 0.6 is 11.3 Å². The van der Waals surface area contributed by atoms with Crippen LogP contribution in [0.15, 0.2) is 23.7 Å². The molecule has 2 saturated heterocycles. The number of anilines is 3. The molecule has 0 radical (unpaired) electrons. The molecule has 0 bridgehead atoms. The van der Waals surface area contributed by atoms with Gasteiger partial charge in [0.2, 0.25) is 5.95 Å². The predicted octanol–water partition coefficient (Wildman–Crippen LogP) is 2.50. The fraction of sp³-hybridized carbons (Fsp3) is 0.429. The second kappa shape index (κ2) is 8.40. The van der Waals surface area contributed by atoms with Gasteiger partial charge in [-0.25, -0.2) is 14.8 Å². The fourth-order valence-electron chi connectivity index (χ4n) is 3.94. The summed E-state index contributed by atoms with van der Waals surface area (Å²) in [7, 11) is 0. The lowest BCUT2D eigenvalue weighted by molar-refractivity contribution is -0.0796. The quantitative estimate of drug-likeness (QED) is 0.616. The molecular weight excluding hydrogens is 430 g/mol. The highest BCUT2D eigenvalue weighted by molar-refractivity contribution is 7.16. The lowest BCUT2D eigenvalue weighted by atomic mass is 10.1. The lowest BCUT2D eigenvalue weighted by Gasteiger charge is -2.40. The third kappa shape index (κ3) is 4.00. The Morgan fingerprint density at radius 1 is 1.31 bits per heavy atom. The van der Waals surface area contributed by atoms with Gasteiger partial charge in [-0.1, -0.05) is 0 Å². The Hall–Kier alpha value is -3.18. The fourth-order valence-corrected chi connectivity index (χ4v) is 4.60. The zero-order valence-corrected chi connectivity index (χ0v) is 18.8. The number of nitrogen functional groups attached to an aromatic ring is 1. The number of rotatable bonds is 4. The van der Waals surface area contributed by atoms with Gasteiger partial charge in [0.05, 0.1) is 18.7 Å². The van der Waals surface area contributed by atoms with Gasteiger partial charge in [0.25, 0.3) is 0 Å². The van der Waals surface area contributed by atoms with Crippen LogP contribution < -0.4 is 20.7 Å². The van der Waals surface area contributed by atoms with Crippen LogP contribution in [0.25, 0.3) is 10.3 Å². The summed E-state index contributed by atoms with van der Waals surface area (Å²) in [6.07, 6.45) is 0.114. The van der Waals surface area contributed by atoms with Crippen molar-refractivity contribution in [3.8, 4) is 5.75 Å². The molecule has 11 heteroatoms. The molecule has 3 aromatic rings. The monoisotopic (exact) mass is 455 g/mol. The van der Waals surface area contributed by atoms with E-state index in [2.05, 4.69) is 32.1 Å². The smallest absolute Gasteiger partial charge is 0.321 e. The molecule has 168 valence electrons. The Kier molecular flexibility index (Phi) is 5.43. The summed E-state index contributed by atoms with van der Waals surface area (Å²) in [6, 6.07) is 5.62. The van der Waals surface area contributed by atoms with Gasteiger partial charge in [0, 0.05) is 31.4 Å². The average molecular weight is 456 g/mol. The number of fused-ring (bicyclic) bond motifs is 1. The largest absolute Gasteiger partial charge is 0.486 e. The third-order valence-corrected chi connectivity index (χ3v) is 6.45. The highest BCUT2D eigenvalue weighted by Gasteiger charge is 2.30. The first-order valence-corrected chi connectivity index (χ1v) is 11.4. The minimum atomic E-state index is -0.123. The number of nitrogens with two attached hydrogens (primary N) is 1. The third-order valence-electron chi connectivity index (χ3n) is 5.73. The lowest BCUT2D eigenvalue weighted by Crippen LogP contribution is -2.55. The van der Waals surface area contributed by atoms with E-state index in [1.54, 1.807) is 5.51 Å². The summed E-state index contributed by atoms with van der Waals surface area (Å²) >= 11 is 1.44. The van der Waals surface area contributed by atoms with Crippen molar-refractivity contribution < 1.29 is 14.3 Å². The first-order valence-electron chi connectivity index (χ1n) is 10.5. The zero-order valence-electron chi connectivity index (χ0n) is 17.9. The summed E-state index contributed by atoms with van der Waals surface area (Å²) in [5, 5.41) is 3.03. The topological polar surface area (TPSA) is 119 Å². The van der Waals surface area contributed by atoms with Crippen LogP contribution in [0.5, 0.6) is 5.75 Å². The van der Waals surface area contributed by atoms with E-state index in [0.717, 1.165) is 33.2 Å². The molecule has 0 spiro atoms. The first kappa shape index (κ1) is 20.7. The van der Waals surface area contributed by atoms with Gasteiger partial charge in [0.15, 0.2) is 10.6 Å². The van der Waals surface area contributed by atoms with Gasteiger partial charge >= 0.3 is 6.03 Å². The van der Waals surface area contributed by atoms with Gasteiger partial charge in [-0.3, -0.25) is 0 Å². The maximum Gasteiger partial charge on any atom is 0.321 e. The molecule has 2 fully saturated rings. The molecule has 2 aliphatic heterocycles. The number of nitrogens with one attached hydrogen (secondary N) is 1. The summed E-state index contributed by atoms with van der Waals surface area (Å²) in [5.41, 5.74) is 10.1. The van der Waals surface area contributed by atoms with Crippen molar-refractivity contribution >= 4 is 45.2 Å². The number of thiazole rings is 1. The van der Waals surface area contributed by atoms with E-state index < -0.39 is 0 Å². The molecule has 2 aromatic heterocycles. The van der Waals surface area contributed by atoms with Crippen molar-refractivity contribution in [1.29, 1.82) is 0 Å². The highest BCUT2D eigenvalue weighted by atomic mass is 32.1. The number of ether oxygens (including phenoxy) is 2. The van der Waals surface area contributed by atoms with Gasteiger partial charge in [0.1, 0.15) is 17.4 Å². The van der Waals surface area contributed by atoms with Gasteiger partial charge in [-0.15, -0.1) is 11.3 Å². The second-order valence-electron chi connectivity index (χ2n) is 8.08. The molecule has 32 heavy (non-hydrogen) atoms. The van der Waals surface area contributed by atoms with Crippen LogP contribution in [0.3, 0.4) is 0 Å². The Morgan fingerprint density at radius 3 is 2.88 bits per heavy atom. The summed E-state index contributed by atoms with van der Waals surface area (Å²) < 4.78 is 11.0. The molecule has 5 rings (SSSR count). The number of benzene rings is 1. The van der Waals surface area contributed by atoms with Crippen LogP contribution in [0, 0.1) is 6.92 Å². The number of hydrogen-bond donors (Lipinski definition) is 2. The van der Waals surface area contributed by atoms with E-state index in [0.29, 0.717) is 32.8 Å². The summed E-state index contributed by atoms with van der Waals surface area (Å²) in [6.45, 7) is 7.02. The van der Waals surface area contributed by atoms with E-state index in [9.17, 15) is 4.79 Å². The molecule has 0 saturated carbocycles. The normalized spacial score (nSPS) is 19.1. The molecule has 1 atom stereocenters. The number of carbonyl (C=O) groups is 1. The highest BCUT2D eigenvalue weighted by Crippen LogP contribution is 2.29. The number of carbonyl (C=O) groups excluding carboxylic acids is 1. The maximum atomic E-state index is 12.9. The zero-order chi connectivity index (χ0) is 22.2. The molecule has 4 heterocycles. The molecule has 2 aliphatic rings. The van der Waals surface area contributed by atoms with Gasteiger partial charge in [-0.2, -0.15) is 4.98 Å². The van der Waals surface area contributed by atoms with Crippen LogP contribution in [0.4, 0.5) is 22.2 Å².